The molecule has 5 N–H and O–H groups in total. The van der Waals surface area contributed by atoms with Gasteiger partial charge < -0.3 is 15.9 Å². The summed E-state index contributed by atoms with van der Waals surface area (Å²) < 4.78 is 4.03. The van der Waals surface area contributed by atoms with Crippen LogP contribution in [0.2, 0.25) is 0 Å². The molecule has 1 aliphatic heterocycles. The molecule has 12 heavy (non-hydrogen) atoms. The highest BCUT2D eigenvalue weighted by atomic mass is 32.2. The predicted molar refractivity (Wildman–Crippen MR) is 43.8 cm³/mol. The van der Waals surface area contributed by atoms with Crippen molar-refractivity contribution in [2.45, 2.75) is 6.04 Å². The van der Waals surface area contributed by atoms with Crippen LogP contribution in [0.1, 0.15) is 0 Å². The molecule has 0 radical (unpaired) electrons. The van der Waals surface area contributed by atoms with Gasteiger partial charge >= 0.3 is 5.97 Å². The molecule has 68 valence electrons. The summed E-state index contributed by atoms with van der Waals surface area (Å²) in [5.74, 6) is -1.06. The number of hydrogen-bond acceptors (Lipinski definition) is 6. The number of carboxylic acids is 1. The molecule has 0 saturated carbocycles. The van der Waals surface area contributed by atoms with Gasteiger partial charge in [0.05, 0.1) is 24.9 Å². The number of aliphatic hydroxyl groups excluding tert-OH is 1. The second kappa shape index (κ2) is 3.55. The van der Waals surface area contributed by atoms with Gasteiger partial charge in [-0.1, -0.05) is 0 Å². The van der Waals surface area contributed by atoms with Crippen molar-refractivity contribution in [1.82, 2.24) is 9.03 Å². The van der Waals surface area contributed by atoms with Crippen molar-refractivity contribution in [3.8, 4) is 0 Å². The summed E-state index contributed by atoms with van der Waals surface area (Å²) in [5, 5.41) is 17.3. The lowest BCUT2D eigenvalue weighted by Gasteiger charge is -2.14. The summed E-state index contributed by atoms with van der Waals surface area (Å²) in [5.41, 5.74) is 5.25. The number of nitrogens with one attached hydrogen (secondary N) is 1. The van der Waals surface area contributed by atoms with Crippen LogP contribution >= 0.6 is 12.1 Å². The lowest BCUT2D eigenvalue weighted by molar-refractivity contribution is -0.138. The summed E-state index contributed by atoms with van der Waals surface area (Å²) in [7, 11) is 0. The van der Waals surface area contributed by atoms with E-state index >= 15 is 0 Å². The molecule has 1 unspecified atom stereocenters. The second-order valence-electron chi connectivity index (χ2n) is 2.25. The van der Waals surface area contributed by atoms with Gasteiger partial charge in [0.1, 0.15) is 6.04 Å². The fourth-order valence-electron chi connectivity index (χ4n) is 0.656. The zero-order chi connectivity index (χ0) is 9.14. The second-order valence-corrected chi connectivity index (χ2v) is 3.11. The monoisotopic (exact) mass is 191 g/mol. The Morgan fingerprint density at radius 1 is 1.92 bits per heavy atom. The largest absolute Gasteiger partial charge is 0.493 e. The van der Waals surface area contributed by atoms with Crippen molar-refractivity contribution < 1.29 is 15.0 Å². The number of hydrogen-bond donors (Lipinski definition) is 4. The van der Waals surface area contributed by atoms with Crippen molar-refractivity contribution in [3.63, 3.8) is 0 Å². The molecule has 1 aliphatic rings. The summed E-state index contributed by atoms with van der Waals surface area (Å²) in [6.45, 7) is 0.150. The van der Waals surface area contributed by atoms with Crippen LogP contribution in [0.5, 0.6) is 0 Å². The van der Waals surface area contributed by atoms with Crippen molar-refractivity contribution in [1.29, 1.82) is 0 Å². The molecule has 0 fully saturated rings. The van der Waals surface area contributed by atoms with E-state index in [2.05, 4.69) is 4.72 Å². The Labute approximate surface area is 73.3 Å². The van der Waals surface area contributed by atoms with E-state index in [1.54, 1.807) is 0 Å². The molecule has 1 heterocycles. The summed E-state index contributed by atoms with van der Waals surface area (Å²) in [6, 6.07) is -0.943. The fourth-order valence-corrected chi connectivity index (χ4v) is 1.31. The van der Waals surface area contributed by atoms with Gasteiger partial charge in [-0.25, -0.2) is 0 Å². The first-order chi connectivity index (χ1) is 5.59. The van der Waals surface area contributed by atoms with Crippen molar-refractivity contribution in [2.24, 2.45) is 5.73 Å². The van der Waals surface area contributed by atoms with E-state index in [-0.39, 0.29) is 12.4 Å². The molecule has 0 aromatic carbocycles. The van der Waals surface area contributed by atoms with Crippen LogP contribution < -0.4 is 10.5 Å². The summed E-state index contributed by atoms with van der Waals surface area (Å²) >= 11 is 1.09. The van der Waals surface area contributed by atoms with Crippen LogP contribution in [0, 0.1) is 0 Å². The summed E-state index contributed by atoms with van der Waals surface area (Å²) in [4.78, 5) is 10.3. The number of carboxylic acid groups (broad SMARTS) is 1. The highest BCUT2D eigenvalue weighted by Gasteiger charge is 2.19. The molecule has 1 rings (SSSR count). The van der Waals surface area contributed by atoms with E-state index in [4.69, 9.17) is 15.9 Å². The maximum absolute atomic E-state index is 10.3. The summed E-state index contributed by atoms with van der Waals surface area (Å²) in [6.07, 6.45) is 1.38. The molecule has 0 bridgehead atoms. The molecule has 0 amide bonds. The Morgan fingerprint density at radius 2 is 2.58 bits per heavy atom. The Hall–Kier alpha value is -1.08. The van der Waals surface area contributed by atoms with E-state index in [1.165, 1.54) is 10.5 Å². The number of aliphatic hydroxyl groups is 1. The lowest BCUT2D eigenvalue weighted by atomic mass is 10.3. The first kappa shape index (κ1) is 9.01. The average Bonchev–Trinajstić information content (AvgIpc) is 2.35. The molecule has 7 heteroatoms. The highest BCUT2D eigenvalue weighted by molar-refractivity contribution is 7.95. The van der Waals surface area contributed by atoms with Gasteiger partial charge in [-0.2, -0.15) is 0 Å². The Morgan fingerprint density at radius 3 is 3.00 bits per heavy atom. The molecular weight excluding hydrogens is 182 g/mol. The van der Waals surface area contributed by atoms with Gasteiger partial charge in [-0.15, -0.1) is 0 Å². The average molecular weight is 191 g/mol. The van der Waals surface area contributed by atoms with E-state index < -0.39 is 12.0 Å². The number of aliphatic carboxylic acids is 1. The molecule has 0 aliphatic carbocycles. The van der Waals surface area contributed by atoms with Crippen molar-refractivity contribution >= 4 is 18.1 Å². The Balaban J connectivity index is 2.37. The maximum Gasteiger partial charge on any atom is 0.322 e. The van der Waals surface area contributed by atoms with E-state index in [0.29, 0.717) is 0 Å². The third-order valence-corrected chi connectivity index (χ3v) is 2.02. The number of carbonyl (C=O) groups is 1. The number of nitrogens with two attached hydrogens (primary N) is 1. The fraction of sp³-hybridized carbons (Fsp3) is 0.400. The molecule has 0 aromatic heterocycles. The predicted octanol–water partition coefficient (Wildman–Crippen LogP) is -0.776. The van der Waals surface area contributed by atoms with Crippen LogP contribution in [-0.2, 0) is 4.79 Å². The smallest absolute Gasteiger partial charge is 0.322 e. The van der Waals surface area contributed by atoms with Crippen LogP contribution in [0.25, 0.3) is 0 Å². The zero-order valence-electron chi connectivity index (χ0n) is 6.10. The molecule has 0 spiro atoms. The standard InChI is InChI=1S/C5H9N3O3S/c6-3(5(10)11)1-8-2-4(9)7-12-8/h2-3,7,9H,1,6H2,(H,10,11). The maximum atomic E-state index is 10.3. The zero-order valence-corrected chi connectivity index (χ0v) is 6.91. The third kappa shape index (κ3) is 2.21. The third-order valence-electron chi connectivity index (χ3n) is 1.23. The van der Waals surface area contributed by atoms with E-state index in [1.807, 2.05) is 0 Å². The minimum absolute atomic E-state index is 0.00223. The van der Waals surface area contributed by atoms with Crippen molar-refractivity contribution in [2.75, 3.05) is 6.54 Å². The molecule has 0 aromatic rings. The normalized spacial score (nSPS) is 18.4. The van der Waals surface area contributed by atoms with Crippen LogP contribution in [0.15, 0.2) is 12.1 Å². The quantitative estimate of drug-likeness (QED) is 0.434. The first-order valence-corrected chi connectivity index (χ1v) is 3.95. The molecule has 1 atom stereocenters. The first-order valence-electron chi connectivity index (χ1n) is 3.18. The van der Waals surface area contributed by atoms with Crippen LogP contribution in [0.4, 0.5) is 0 Å². The van der Waals surface area contributed by atoms with Gasteiger partial charge in [0.25, 0.3) is 0 Å². The van der Waals surface area contributed by atoms with E-state index in [0.717, 1.165) is 12.1 Å². The van der Waals surface area contributed by atoms with Gasteiger partial charge in [0.15, 0.2) is 0 Å². The topological polar surface area (TPSA) is 98.8 Å². The highest BCUT2D eigenvalue weighted by Crippen LogP contribution is 2.15. The SMILES string of the molecule is NC(CN1C=C(O)NS1)C(=O)O. The van der Waals surface area contributed by atoms with Crippen LogP contribution in [-0.4, -0.2) is 33.1 Å². The Bertz CT molecular complexity index is 220. The number of nitrogens with zero attached hydrogens (tertiary/aromatic N) is 1. The minimum Gasteiger partial charge on any atom is -0.493 e. The molecule has 0 saturated heterocycles. The van der Waals surface area contributed by atoms with Crippen molar-refractivity contribution in [3.05, 3.63) is 12.1 Å². The van der Waals surface area contributed by atoms with Crippen LogP contribution in [0.3, 0.4) is 0 Å². The molecule has 6 nitrogen and oxygen atoms in total. The van der Waals surface area contributed by atoms with Gasteiger partial charge in [-0.3, -0.25) is 13.8 Å². The number of rotatable bonds is 3. The van der Waals surface area contributed by atoms with Gasteiger partial charge in [0.2, 0.25) is 5.88 Å². The lowest BCUT2D eigenvalue weighted by Crippen LogP contribution is -2.38. The van der Waals surface area contributed by atoms with Gasteiger partial charge in [0, 0.05) is 0 Å². The Kier molecular flexibility index (Phi) is 2.66. The van der Waals surface area contributed by atoms with Gasteiger partial charge in [-0.05, 0) is 0 Å². The molecular formula is C5H9N3O3S. The minimum atomic E-state index is -1.06. The van der Waals surface area contributed by atoms with E-state index in [9.17, 15) is 4.79 Å².